The first-order valence-electron chi connectivity index (χ1n) is 3.44. The van der Waals surface area contributed by atoms with E-state index in [1.54, 1.807) is 0 Å². The maximum atomic E-state index is 11.4. The number of hydrogen-bond donors (Lipinski definition) is 1. The highest BCUT2D eigenvalue weighted by Gasteiger charge is 2.37. The molecule has 5 heteroatoms. The van der Waals surface area contributed by atoms with Crippen LogP contribution in [0.4, 0.5) is 0 Å². The quantitative estimate of drug-likeness (QED) is 0.700. The van der Waals surface area contributed by atoms with E-state index in [2.05, 4.69) is 10.2 Å². The molecule has 1 aliphatic rings. The van der Waals surface area contributed by atoms with Crippen LogP contribution in [-0.4, -0.2) is 23.9 Å². The molecule has 0 aromatic carbocycles. The Labute approximate surface area is 64.5 Å². The van der Waals surface area contributed by atoms with Gasteiger partial charge in [-0.2, -0.15) is 5.10 Å². The van der Waals surface area contributed by atoms with E-state index in [4.69, 9.17) is 0 Å². The van der Waals surface area contributed by atoms with Crippen LogP contribution in [0.25, 0.3) is 0 Å². The van der Waals surface area contributed by atoms with Crippen LogP contribution in [0.2, 0.25) is 0 Å². The lowest BCUT2D eigenvalue weighted by Gasteiger charge is -1.94. The first kappa shape index (κ1) is 6.84. The van der Waals surface area contributed by atoms with Gasteiger partial charge in [-0.3, -0.25) is 5.10 Å². The molecule has 0 atom stereocenters. The molecule has 0 bridgehead atoms. The first-order valence-corrected chi connectivity index (χ1v) is 4.98. The first-order chi connectivity index (χ1) is 5.21. The molecule has 2 rings (SSSR count). The summed E-state index contributed by atoms with van der Waals surface area (Å²) >= 11 is 0. The normalized spacial score (nSPS) is 18.5. The van der Waals surface area contributed by atoms with Crippen molar-refractivity contribution in [3.8, 4) is 0 Å². The van der Waals surface area contributed by atoms with Crippen molar-refractivity contribution in [2.24, 2.45) is 0 Å². The Morgan fingerprint density at radius 3 is 2.73 bits per heavy atom. The molecule has 1 aromatic rings. The summed E-state index contributed by atoms with van der Waals surface area (Å²) in [5.41, 5.74) is 0. The lowest BCUT2D eigenvalue weighted by atomic mass is 10.7. The molecule has 0 aliphatic heterocycles. The van der Waals surface area contributed by atoms with E-state index in [-0.39, 0.29) is 5.25 Å². The highest BCUT2D eigenvalue weighted by atomic mass is 32.2. The van der Waals surface area contributed by atoms with E-state index in [0.29, 0.717) is 4.90 Å². The molecule has 0 spiro atoms. The SMILES string of the molecule is O=S(=O)(c1cn[nH]c1)C1CC1. The second-order valence-corrected chi connectivity index (χ2v) is 4.91. The van der Waals surface area contributed by atoms with Crippen molar-refractivity contribution in [2.75, 3.05) is 0 Å². The summed E-state index contributed by atoms with van der Waals surface area (Å²) < 4.78 is 22.8. The maximum absolute atomic E-state index is 11.4. The summed E-state index contributed by atoms with van der Waals surface area (Å²) in [4.78, 5) is 0.319. The predicted molar refractivity (Wildman–Crippen MR) is 38.8 cm³/mol. The minimum atomic E-state index is -3.02. The van der Waals surface area contributed by atoms with Gasteiger partial charge in [-0.25, -0.2) is 8.42 Å². The molecular formula is C6H8N2O2S. The molecule has 1 saturated carbocycles. The van der Waals surface area contributed by atoms with E-state index >= 15 is 0 Å². The summed E-state index contributed by atoms with van der Waals surface area (Å²) in [6.07, 6.45) is 4.38. The molecule has 1 aliphatic carbocycles. The predicted octanol–water partition coefficient (Wildman–Crippen LogP) is 0.346. The summed E-state index contributed by atoms with van der Waals surface area (Å²) in [6, 6.07) is 0. The molecular weight excluding hydrogens is 164 g/mol. The van der Waals surface area contributed by atoms with Crippen molar-refractivity contribution in [2.45, 2.75) is 23.0 Å². The van der Waals surface area contributed by atoms with Crippen molar-refractivity contribution in [3.63, 3.8) is 0 Å². The molecule has 1 N–H and O–H groups in total. The number of H-pyrrole nitrogens is 1. The Bertz CT molecular complexity index is 337. The summed E-state index contributed by atoms with van der Waals surface area (Å²) in [7, 11) is -3.02. The van der Waals surface area contributed by atoms with Gasteiger partial charge in [0.1, 0.15) is 4.90 Å². The molecule has 1 fully saturated rings. The van der Waals surface area contributed by atoms with Crippen molar-refractivity contribution < 1.29 is 8.42 Å². The topological polar surface area (TPSA) is 62.8 Å². The van der Waals surface area contributed by atoms with Crippen molar-refractivity contribution >= 4 is 9.84 Å². The Kier molecular flexibility index (Phi) is 1.29. The van der Waals surface area contributed by atoms with Crippen LogP contribution in [0, 0.1) is 0 Å². The van der Waals surface area contributed by atoms with E-state index in [9.17, 15) is 8.42 Å². The second kappa shape index (κ2) is 2.07. The van der Waals surface area contributed by atoms with Crippen molar-refractivity contribution in [1.82, 2.24) is 10.2 Å². The monoisotopic (exact) mass is 172 g/mol. The highest BCUT2D eigenvalue weighted by molar-refractivity contribution is 7.92. The van der Waals surface area contributed by atoms with Gasteiger partial charge in [0.05, 0.1) is 11.4 Å². The highest BCUT2D eigenvalue weighted by Crippen LogP contribution is 2.32. The number of nitrogens with one attached hydrogen (secondary N) is 1. The molecule has 4 nitrogen and oxygen atoms in total. The van der Waals surface area contributed by atoms with Gasteiger partial charge in [0.25, 0.3) is 0 Å². The van der Waals surface area contributed by atoms with Gasteiger partial charge >= 0.3 is 0 Å². The van der Waals surface area contributed by atoms with Crippen LogP contribution >= 0.6 is 0 Å². The summed E-state index contributed by atoms with van der Waals surface area (Å²) in [5, 5.41) is 5.94. The Morgan fingerprint density at radius 2 is 2.27 bits per heavy atom. The molecule has 0 amide bonds. The molecule has 0 unspecified atom stereocenters. The zero-order valence-electron chi connectivity index (χ0n) is 5.82. The van der Waals surface area contributed by atoms with Crippen LogP contribution in [0.3, 0.4) is 0 Å². The van der Waals surface area contributed by atoms with E-state index < -0.39 is 9.84 Å². The van der Waals surface area contributed by atoms with Gasteiger partial charge in [0, 0.05) is 6.20 Å². The van der Waals surface area contributed by atoms with Crippen LogP contribution in [0.1, 0.15) is 12.8 Å². The number of rotatable bonds is 2. The van der Waals surface area contributed by atoms with Gasteiger partial charge in [-0.15, -0.1) is 0 Å². The maximum Gasteiger partial charge on any atom is 0.184 e. The van der Waals surface area contributed by atoms with Gasteiger partial charge < -0.3 is 0 Å². The minimum absolute atomic E-state index is 0.139. The number of aromatic nitrogens is 2. The van der Waals surface area contributed by atoms with E-state index in [0.717, 1.165) is 12.8 Å². The van der Waals surface area contributed by atoms with Crippen LogP contribution in [-0.2, 0) is 9.84 Å². The second-order valence-electron chi connectivity index (χ2n) is 2.68. The fourth-order valence-corrected chi connectivity index (χ4v) is 2.52. The van der Waals surface area contributed by atoms with Crippen molar-refractivity contribution in [3.05, 3.63) is 12.4 Å². The Morgan fingerprint density at radius 1 is 1.55 bits per heavy atom. The van der Waals surface area contributed by atoms with Crippen LogP contribution in [0.5, 0.6) is 0 Å². The molecule has 0 radical (unpaired) electrons. The molecule has 11 heavy (non-hydrogen) atoms. The Balaban J connectivity index is 2.42. The number of nitrogens with zero attached hydrogens (tertiary/aromatic N) is 1. The number of aromatic amines is 1. The fraction of sp³-hybridized carbons (Fsp3) is 0.500. The third-order valence-electron chi connectivity index (χ3n) is 1.76. The van der Waals surface area contributed by atoms with Crippen LogP contribution < -0.4 is 0 Å². The molecule has 0 saturated heterocycles. The van der Waals surface area contributed by atoms with Gasteiger partial charge in [-0.1, -0.05) is 0 Å². The zero-order chi connectivity index (χ0) is 7.90. The van der Waals surface area contributed by atoms with Crippen LogP contribution in [0.15, 0.2) is 17.3 Å². The van der Waals surface area contributed by atoms with Gasteiger partial charge in [-0.05, 0) is 12.8 Å². The lowest BCUT2D eigenvalue weighted by molar-refractivity contribution is 0.595. The Hall–Kier alpha value is -0.840. The molecule has 60 valence electrons. The third kappa shape index (κ3) is 1.05. The summed E-state index contributed by atoms with van der Waals surface area (Å²) in [6.45, 7) is 0. The molecule has 1 aromatic heterocycles. The smallest absolute Gasteiger partial charge is 0.184 e. The lowest BCUT2D eigenvalue weighted by Crippen LogP contribution is -2.05. The average Bonchev–Trinajstić information content (AvgIpc) is 2.66. The summed E-state index contributed by atoms with van der Waals surface area (Å²) in [5.74, 6) is 0. The van der Waals surface area contributed by atoms with E-state index in [1.165, 1.54) is 12.4 Å². The average molecular weight is 172 g/mol. The number of hydrogen-bond acceptors (Lipinski definition) is 3. The molecule has 1 heterocycles. The largest absolute Gasteiger partial charge is 0.284 e. The minimum Gasteiger partial charge on any atom is -0.284 e. The van der Waals surface area contributed by atoms with Gasteiger partial charge in [0.15, 0.2) is 9.84 Å². The van der Waals surface area contributed by atoms with Gasteiger partial charge in [0.2, 0.25) is 0 Å². The van der Waals surface area contributed by atoms with Crippen molar-refractivity contribution in [1.29, 1.82) is 0 Å². The van der Waals surface area contributed by atoms with E-state index in [1.807, 2.05) is 0 Å². The third-order valence-corrected chi connectivity index (χ3v) is 3.99. The standard InChI is InChI=1S/C6H8N2O2S/c9-11(10,5-1-2-5)6-3-7-8-4-6/h3-5H,1-2H2,(H,7,8). The fourth-order valence-electron chi connectivity index (χ4n) is 0.965. The number of sulfone groups is 1. The zero-order valence-corrected chi connectivity index (χ0v) is 6.63.